The SMILES string of the molecule is CC(C)N(CC1CC1)C1(CN)CCCC1S(C)(=O)=O. The first-order valence-corrected chi connectivity index (χ1v) is 9.42. The number of rotatable bonds is 6. The van der Waals surface area contributed by atoms with Gasteiger partial charge in [0.05, 0.1) is 10.8 Å². The molecule has 5 heteroatoms. The molecule has 0 heterocycles. The Morgan fingerprint density at radius 2 is 1.95 bits per heavy atom. The topological polar surface area (TPSA) is 63.4 Å². The second kappa shape index (κ2) is 5.34. The fraction of sp³-hybridized carbons (Fsp3) is 1.00. The Bertz CT molecular complexity index is 417. The zero-order chi connectivity index (χ0) is 14.3. The van der Waals surface area contributed by atoms with Gasteiger partial charge in [-0.05, 0) is 45.4 Å². The maximum absolute atomic E-state index is 12.2. The van der Waals surface area contributed by atoms with Gasteiger partial charge in [-0.2, -0.15) is 0 Å². The average Bonchev–Trinajstić information content (AvgIpc) is 3.01. The molecule has 0 bridgehead atoms. The molecule has 0 aromatic carbocycles. The fourth-order valence-electron chi connectivity index (χ4n) is 3.80. The summed E-state index contributed by atoms with van der Waals surface area (Å²) in [6.07, 6.45) is 6.61. The van der Waals surface area contributed by atoms with Crippen molar-refractivity contribution in [2.75, 3.05) is 19.3 Å². The van der Waals surface area contributed by atoms with Crippen LogP contribution in [0.15, 0.2) is 0 Å². The van der Waals surface area contributed by atoms with E-state index in [-0.39, 0.29) is 10.8 Å². The summed E-state index contributed by atoms with van der Waals surface area (Å²) in [4.78, 5) is 2.41. The van der Waals surface area contributed by atoms with Crippen molar-refractivity contribution in [2.24, 2.45) is 11.7 Å². The van der Waals surface area contributed by atoms with Gasteiger partial charge in [-0.25, -0.2) is 8.42 Å². The summed E-state index contributed by atoms with van der Waals surface area (Å²) in [6, 6.07) is 0.353. The molecule has 0 amide bonds. The molecular formula is C14H28N2O2S. The molecule has 0 aliphatic heterocycles. The Morgan fingerprint density at radius 3 is 2.37 bits per heavy atom. The van der Waals surface area contributed by atoms with Crippen LogP contribution in [-0.4, -0.2) is 49.5 Å². The van der Waals surface area contributed by atoms with E-state index in [1.807, 2.05) is 0 Å². The van der Waals surface area contributed by atoms with Gasteiger partial charge in [0.2, 0.25) is 0 Å². The van der Waals surface area contributed by atoms with E-state index in [4.69, 9.17) is 5.73 Å². The number of nitrogens with two attached hydrogens (primary N) is 1. The largest absolute Gasteiger partial charge is 0.329 e. The van der Waals surface area contributed by atoms with Crippen LogP contribution in [0.1, 0.15) is 46.0 Å². The summed E-state index contributed by atoms with van der Waals surface area (Å²) in [5.41, 5.74) is 5.76. The lowest BCUT2D eigenvalue weighted by atomic mass is 9.92. The highest BCUT2D eigenvalue weighted by Gasteiger charge is 2.52. The predicted octanol–water partition coefficient (Wildman–Crippen LogP) is 1.40. The second-order valence-electron chi connectivity index (χ2n) is 6.71. The van der Waals surface area contributed by atoms with Crippen molar-refractivity contribution in [3.63, 3.8) is 0 Å². The van der Waals surface area contributed by atoms with E-state index in [9.17, 15) is 8.42 Å². The van der Waals surface area contributed by atoms with Crippen molar-refractivity contribution in [1.29, 1.82) is 0 Å². The number of nitrogens with zero attached hydrogens (tertiary/aromatic N) is 1. The molecule has 0 aromatic rings. The quantitative estimate of drug-likeness (QED) is 0.802. The smallest absolute Gasteiger partial charge is 0.152 e. The second-order valence-corrected chi connectivity index (χ2v) is 8.94. The van der Waals surface area contributed by atoms with Crippen molar-refractivity contribution < 1.29 is 8.42 Å². The molecule has 2 unspecified atom stereocenters. The van der Waals surface area contributed by atoms with Gasteiger partial charge in [0.25, 0.3) is 0 Å². The minimum Gasteiger partial charge on any atom is -0.329 e. The summed E-state index contributed by atoms with van der Waals surface area (Å²) in [5.74, 6) is 0.756. The number of hydrogen-bond acceptors (Lipinski definition) is 4. The van der Waals surface area contributed by atoms with Gasteiger partial charge in [-0.15, -0.1) is 0 Å². The van der Waals surface area contributed by atoms with Crippen LogP contribution in [0.2, 0.25) is 0 Å². The molecule has 2 aliphatic rings. The van der Waals surface area contributed by atoms with Crippen molar-refractivity contribution in [2.45, 2.75) is 62.8 Å². The normalized spacial score (nSPS) is 32.4. The van der Waals surface area contributed by atoms with Crippen molar-refractivity contribution in [1.82, 2.24) is 4.90 Å². The summed E-state index contributed by atoms with van der Waals surface area (Å²) >= 11 is 0. The third kappa shape index (κ3) is 2.98. The van der Waals surface area contributed by atoms with Gasteiger partial charge in [-0.3, -0.25) is 4.90 Å². The van der Waals surface area contributed by atoms with E-state index < -0.39 is 9.84 Å². The third-order valence-corrected chi connectivity index (χ3v) is 6.60. The first-order chi connectivity index (χ1) is 8.81. The third-order valence-electron chi connectivity index (χ3n) is 4.89. The first kappa shape index (κ1) is 15.3. The Labute approximate surface area is 117 Å². The van der Waals surface area contributed by atoms with Crippen LogP contribution in [0.25, 0.3) is 0 Å². The molecule has 2 saturated carbocycles. The average molecular weight is 288 g/mol. The first-order valence-electron chi connectivity index (χ1n) is 7.47. The van der Waals surface area contributed by atoms with E-state index in [0.717, 1.165) is 31.7 Å². The highest BCUT2D eigenvalue weighted by atomic mass is 32.2. The number of sulfone groups is 1. The monoisotopic (exact) mass is 288 g/mol. The number of hydrogen-bond donors (Lipinski definition) is 1. The van der Waals surface area contributed by atoms with Crippen LogP contribution < -0.4 is 5.73 Å². The molecule has 112 valence electrons. The van der Waals surface area contributed by atoms with E-state index in [0.29, 0.717) is 12.6 Å². The molecule has 2 fully saturated rings. The van der Waals surface area contributed by atoms with E-state index in [1.54, 1.807) is 0 Å². The van der Waals surface area contributed by atoms with E-state index in [1.165, 1.54) is 19.1 Å². The zero-order valence-corrected chi connectivity index (χ0v) is 13.2. The van der Waals surface area contributed by atoms with Gasteiger partial charge in [0, 0.05) is 25.4 Å². The molecule has 2 rings (SSSR count). The van der Waals surface area contributed by atoms with Crippen LogP contribution >= 0.6 is 0 Å². The molecule has 2 atom stereocenters. The molecule has 19 heavy (non-hydrogen) atoms. The van der Waals surface area contributed by atoms with Gasteiger partial charge in [-0.1, -0.05) is 6.42 Å². The van der Waals surface area contributed by atoms with Gasteiger partial charge >= 0.3 is 0 Å². The van der Waals surface area contributed by atoms with Gasteiger partial charge in [0.1, 0.15) is 0 Å². The standard InChI is InChI=1S/C14H28N2O2S/c1-11(2)16(9-12-6-7-12)14(10-15)8-4-5-13(14)19(3,17)18/h11-13H,4-10,15H2,1-3H3. The molecular weight excluding hydrogens is 260 g/mol. The summed E-state index contributed by atoms with van der Waals surface area (Å²) in [7, 11) is -3.04. The molecule has 0 aromatic heterocycles. The van der Waals surface area contributed by atoms with Crippen molar-refractivity contribution in [3.05, 3.63) is 0 Å². The fourth-order valence-corrected chi connectivity index (χ4v) is 5.54. The molecule has 2 N–H and O–H groups in total. The van der Waals surface area contributed by atoms with Crippen LogP contribution in [0.4, 0.5) is 0 Å². The van der Waals surface area contributed by atoms with Crippen LogP contribution in [-0.2, 0) is 9.84 Å². The molecule has 2 aliphatic carbocycles. The lowest BCUT2D eigenvalue weighted by molar-refractivity contribution is 0.0631. The van der Waals surface area contributed by atoms with Gasteiger partial charge in [0.15, 0.2) is 9.84 Å². The van der Waals surface area contributed by atoms with Crippen LogP contribution in [0, 0.1) is 5.92 Å². The Morgan fingerprint density at radius 1 is 1.32 bits per heavy atom. The van der Waals surface area contributed by atoms with E-state index >= 15 is 0 Å². The van der Waals surface area contributed by atoms with Crippen molar-refractivity contribution >= 4 is 9.84 Å². The highest BCUT2D eigenvalue weighted by Crippen LogP contribution is 2.42. The minimum atomic E-state index is -3.04. The summed E-state index contributed by atoms with van der Waals surface area (Å²) < 4.78 is 24.3. The maximum Gasteiger partial charge on any atom is 0.152 e. The summed E-state index contributed by atoms with van der Waals surface area (Å²) in [6.45, 7) is 5.80. The van der Waals surface area contributed by atoms with Crippen LogP contribution in [0.5, 0.6) is 0 Å². The Kier molecular flexibility index (Phi) is 4.29. The van der Waals surface area contributed by atoms with E-state index in [2.05, 4.69) is 18.7 Å². The zero-order valence-electron chi connectivity index (χ0n) is 12.4. The lowest BCUT2D eigenvalue weighted by Crippen LogP contribution is -2.62. The highest BCUT2D eigenvalue weighted by molar-refractivity contribution is 7.91. The molecule has 0 saturated heterocycles. The van der Waals surface area contributed by atoms with Crippen molar-refractivity contribution in [3.8, 4) is 0 Å². The Hall–Kier alpha value is -0.130. The Balaban J connectivity index is 2.32. The molecule has 0 spiro atoms. The minimum absolute atomic E-state index is 0.286. The molecule has 4 nitrogen and oxygen atoms in total. The van der Waals surface area contributed by atoms with Crippen LogP contribution in [0.3, 0.4) is 0 Å². The summed E-state index contributed by atoms with van der Waals surface area (Å²) in [5, 5.41) is -0.286. The molecule has 0 radical (unpaired) electrons. The maximum atomic E-state index is 12.2. The lowest BCUT2D eigenvalue weighted by Gasteiger charge is -2.46. The predicted molar refractivity (Wildman–Crippen MR) is 78.8 cm³/mol. The van der Waals surface area contributed by atoms with Gasteiger partial charge < -0.3 is 5.73 Å².